The van der Waals surface area contributed by atoms with Crippen molar-refractivity contribution in [3.8, 4) is 11.5 Å². The Morgan fingerprint density at radius 2 is 0.850 bits per heavy atom. The van der Waals surface area contributed by atoms with Crippen LogP contribution in [0, 0.1) is 23.3 Å². The standard InChI is InChI=1S/C25H23F2N3O.C23H21F2N3O/c26-15-4-6-21-17(12-15)19-14-20-18-13-16(27)5-7-22(18)29-24(20)25(23(19)28-21)31-11-10-30-8-2-1-3-9-30;1-28(2)8-3-9-29-23-21-17(15-10-13(24)4-6-19(15)26-21)12-18-16-11-14(25)5-7-20(16)27-22(18)23/h4-7,12-14,28-29H,1-3,8-11H2;4-7,10-12,26-27H,3,8-9H2,1-2H3. The number of hydrogen-bond donors (Lipinski definition) is 4. The molecule has 0 bridgehead atoms. The molecule has 6 aromatic carbocycles. The summed E-state index contributed by atoms with van der Waals surface area (Å²) in [5.41, 5.74) is 6.66. The lowest BCUT2D eigenvalue weighted by atomic mass is 10.1. The summed E-state index contributed by atoms with van der Waals surface area (Å²) in [5.74, 6) is 0.230. The van der Waals surface area contributed by atoms with Crippen LogP contribution >= 0.6 is 0 Å². The predicted molar refractivity (Wildman–Crippen MR) is 235 cm³/mol. The third-order valence-electron chi connectivity index (χ3n) is 11.8. The Morgan fingerprint density at radius 3 is 1.22 bits per heavy atom. The highest BCUT2D eigenvalue weighted by Crippen LogP contribution is 2.43. The van der Waals surface area contributed by atoms with Gasteiger partial charge in [0.25, 0.3) is 0 Å². The fraction of sp³-hybridized carbons (Fsp3) is 0.250. The van der Waals surface area contributed by atoms with Crippen molar-refractivity contribution < 1.29 is 27.0 Å². The molecule has 0 radical (unpaired) electrons. The molecular formula is C48H44F4N6O2. The van der Waals surface area contributed by atoms with Crippen LogP contribution in [0.5, 0.6) is 11.5 Å². The third kappa shape index (κ3) is 6.93. The zero-order chi connectivity index (χ0) is 41.1. The molecule has 0 unspecified atom stereocenters. The van der Waals surface area contributed by atoms with Gasteiger partial charge < -0.3 is 34.3 Å². The van der Waals surface area contributed by atoms with Crippen LogP contribution in [0.15, 0.2) is 84.9 Å². The Labute approximate surface area is 342 Å². The summed E-state index contributed by atoms with van der Waals surface area (Å²) in [6.07, 6.45) is 4.64. The van der Waals surface area contributed by atoms with Crippen molar-refractivity contribution in [2.24, 2.45) is 0 Å². The monoisotopic (exact) mass is 812 g/mol. The number of halogens is 4. The molecule has 0 saturated carbocycles. The number of rotatable bonds is 9. The van der Waals surface area contributed by atoms with E-state index in [1.54, 1.807) is 24.3 Å². The van der Waals surface area contributed by atoms with E-state index in [2.05, 4.69) is 29.7 Å². The lowest BCUT2D eigenvalue weighted by molar-refractivity contribution is 0.185. The van der Waals surface area contributed by atoms with Crippen molar-refractivity contribution in [2.75, 3.05) is 53.5 Å². The lowest BCUT2D eigenvalue weighted by Gasteiger charge is -2.26. The van der Waals surface area contributed by atoms with E-state index in [4.69, 9.17) is 9.47 Å². The van der Waals surface area contributed by atoms with Gasteiger partial charge in [-0.15, -0.1) is 0 Å². The molecule has 10 aromatic rings. The highest BCUT2D eigenvalue weighted by molar-refractivity contribution is 6.22. The van der Waals surface area contributed by atoms with Crippen LogP contribution in [0.2, 0.25) is 0 Å². The predicted octanol–water partition coefficient (Wildman–Crippen LogP) is 11.7. The van der Waals surface area contributed by atoms with Gasteiger partial charge in [0.15, 0.2) is 11.5 Å². The van der Waals surface area contributed by atoms with Crippen molar-refractivity contribution in [2.45, 2.75) is 25.7 Å². The van der Waals surface area contributed by atoms with Gasteiger partial charge in [-0.3, -0.25) is 4.90 Å². The fourth-order valence-corrected chi connectivity index (χ4v) is 8.90. The number of nitrogens with zero attached hydrogens (tertiary/aromatic N) is 2. The molecule has 8 nitrogen and oxygen atoms in total. The number of H-pyrrole nitrogens is 4. The van der Waals surface area contributed by atoms with Crippen LogP contribution in [0.4, 0.5) is 17.6 Å². The van der Waals surface area contributed by atoms with Crippen LogP contribution in [-0.2, 0) is 0 Å². The number of fused-ring (bicyclic) bond motifs is 12. The first kappa shape index (κ1) is 38.0. The molecule has 0 aliphatic carbocycles. The topological polar surface area (TPSA) is 88.1 Å². The van der Waals surface area contributed by atoms with Crippen molar-refractivity contribution in [3.05, 3.63) is 108 Å². The molecule has 11 rings (SSSR count). The van der Waals surface area contributed by atoms with Gasteiger partial charge in [-0.2, -0.15) is 0 Å². The largest absolute Gasteiger partial charge is 0.489 e. The van der Waals surface area contributed by atoms with Crippen molar-refractivity contribution in [1.82, 2.24) is 29.7 Å². The second kappa shape index (κ2) is 15.4. The minimum atomic E-state index is -0.295. The number of benzene rings is 6. The highest BCUT2D eigenvalue weighted by Gasteiger charge is 2.21. The number of aromatic nitrogens is 4. The second-order valence-corrected chi connectivity index (χ2v) is 16.1. The van der Waals surface area contributed by atoms with Gasteiger partial charge in [-0.05, 0) is 131 Å². The molecule has 4 N–H and O–H groups in total. The Hall–Kier alpha value is -6.24. The third-order valence-corrected chi connectivity index (χ3v) is 11.8. The lowest BCUT2D eigenvalue weighted by Crippen LogP contribution is -2.33. The molecular weight excluding hydrogens is 769 g/mol. The van der Waals surface area contributed by atoms with E-state index in [-0.39, 0.29) is 23.3 Å². The summed E-state index contributed by atoms with van der Waals surface area (Å²) < 4.78 is 68.4. The van der Waals surface area contributed by atoms with Crippen LogP contribution in [0.3, 0.4) is 0 Å². The molecule has 5 heterocycles. The normalized spacial score (nSPS) is 13.9. The maximum Gasteiger partial charge on any atom is 0.167 e. The molecule has 4 aromatic heterocycles. The van der Waals surface area contributed by atoms with Crippen LogP contribution in [0.25, 0.3) is 87.2 Å². The Kier molecular flexibility index (Phi) is 9.76. The van der Waals surface area contributed by atoms with Gasteiger partial charge >= 0.3 is 0 Å². The smallest absolute Gasteiger partial charge is 0.167 e. The molecule has 1 aliphatic heterocycles. The van der Waals surface area contributed by atoms with Gasteiger partial charge in [0.1, 0.15) is 29.9 Å². The summed E-state index contributed by atoms with van der Waals surface area (Å²) in [6.45, 7) is 5.10. The quantitative estimate of drug-likeness (QED) is 0.0863. The first-order valence-electron chi connectivity index (χ1n) is 20.5. The SMILES string of the molecule is CN(C)CCCOc1c2[nH]c3ccc(F)cc3c2cc2c1[nH]c1ccc(F)cc12.Fc1ccc2[nH]c3c(OCCN4CCCCC4)c4[nH]c5ccc(F)cc5c4cc3c2c1. The van der Waals surface area contributed by atoms with Crippen molar-refractivity contribution >= 4 is 87.2 Å². The highest BCUT2D eigenvalue weighted by atomic mass is 19.1. The zero-order valence-electron chi connectivity index (χ0n) is 33.4. The Bertz CT molecular complexity index is 3040. The summed E-state index contributed by atoms with van der Waals surface area (Å²) >= 11 is 0. The Balaban J connectivity index is 0.000000145. The average Bonchev–Trinajstić information content (AvgIpc) is 4.00. The van der Waals surface area contributed by atoms with Crippen molar-refractivity contribution in [3.63, 3.8) is 0 Å². The number of nitrogens with one attached hydrogen (secondary N) is 4. The van der Waals surface area contributed by atoms with Gasteiger partial charge in [-0.25, -0.2) is 17.6 Å². The minimum absolute atomic E-state index is 0.286. The first-order chi connectivity index (χ1) is 29.2. The molecule has 1 aliphatic rings. The van der Waals surface area contributed by atoms with E-state index in [1.165, 1.54) is 67.8 Å². The van der Waals surface area contributed by atoms with E-state index >= 15 is 0 Å². The van der Waals surface area contributed by atoms with E-state index in [1.807, 2.05) is 26.2 Å². The van der Waals surface area contributed by atoms with Gasteiger partial charge in [0.2, 0.25) is 0 Å². The van der Waals surface area contributed by atoms with Gasteiger partial charge in [-0.1, -0.05) is 6.42 Å². The van der Waals surface area contributed by atoms with E-state index < -0.39 is 0 Å². The summed E-state index contributed by atoms with van der Waals surface area (Å²) in [5, 5.41) is 6.63. The Morgan fingerprint density at radius 1 is 0.483 bits per heavy atom. The van der Waals surface area contributed by atoms with Crippen LogP contribution in [-0.4, -0.2) is 83.2 Å². The second-order valence-electron chi connectivity index (χ2n) is 16.1. The molecule has 0 atom stereocenters. The van der Waals surface area contributed by atoms with Gasteiger partial charge in [0, 0.05) is 78.2 Å². The molecule has 60 heavy (non-hydrogen) atoms. The number of hydrogen-bond acceptors (Lipinski definition) is 4. The molecule has 1 saturated heterocycles. The maximum absolute atomic E-state index is 14.0. The number of ether oxygens (including phenoxy) is 2. The van der Waals surface area contributed by atoms with E-state index in [9.17, 15) is 17.6 Å². The molecule has 12 heteroatoms. The molecule has 0 amide bonds. The van der Waals surface area contributed by atoms with E-state index in [0.717, 1.165) is 120 Å². The average molecular weight is 813 g/mol. The van der Waals surface area contributed by atoms with E-state index in [0.29, 0.717) is 24.7 Å². The summed E-state index contributed by atoms with van der Waals surface area (Å²) in [4.78, 5) is 18.1. The van der Waals surface area contributed by atoms with Crippen LogP contribution < -0.4 is 9.47 Å². The summed E-state index contributed by atoms with van der Waals surface area (Å²) in [6, 6.07) is 22.8. The van der Waals surface area contributed by atoms with Crippen LogP contribution in [0.1, 0.15) is 25.7 Å². The molecule has 306 valence electrons. The van der Waals surface area contributed by atoms with Gasteiger partial charge in [0.05, 0.1) is 28.7 Å². The number of piperidine rings is 1. The zero-order valence-corrected chi connectivity index (χ0v) is 33.4. The number of likely N-dealkylation sites (tertiary alicyclic amines) is 1. The molecule has 1 fully saturated rings. The maximum atomic E-state index is 14.0. The minimum Gasteiger partial charge on any atom is -0.489 e. The fourth-order valence-electron chi connectivity index (χ4n) is 8.90. The number of aromatic amines is 4. The van der Waals surface area contributed by atoms with Crippen molar-refractivity contribution in [1.29, 1.82) is 0 Å². The first-order valence-corrected chi connectivity index (χ1v) is 20.5. The summed E-state index contributed by atoms with van der Waals surface area (Å²) in [7, 11) is 4.05. The molecule has 0 spiro atoms.